The fourth-order valence-corrected chi connectivity index (χ4v) is 3.00. The number of fused-ring (bicyclic) bond motifs is 1. The zero-order valence-corrected chi connectivity index (χ0v) is 13.7. The molecule has 22 heavy (non-hydrogen) atoms. The molecule has 0 bridgehead atoms. The number of halogens is 1. The van der Waals surface area contributed by atoms with E-state index < -0.39 is 0 Å². The van der Waals surface area contributed by atoms with E-state index in [4.69, 9.17) is 0 Å². The highest BCUT2D eigenvalue weighted by atomic mass is 127. The Hall–Kier alpha value is -2.02. The number of imide groups is 1. The summed E-state index contributed by atoms with van der Waals surface area (Å²) >= 11 is 2.14. The van der Waals surface area contributed by atoms with Gasteiger partial charge in [-0.25, -0.2) is 0 Å². The Labute approximate surface area is 141 Å². The van der Waals surface area contributed by atoms with Gasteiger partial charge in [0.15, 0.2) is 5.78 Å². The SMILES string of the molecule is O=C(CCN1C(=O)c2ccccc2C1=O)c1cccc(I)c1. The zero-order valence-electron chi connectivity index (χ0n) is 11.6. The van der Waals surface area contributed by atoms with Crippen molar-refractivity contribution in [2.75, 3.05) is 6.54 Å². The molecule has 0 unspecified atom stereocenters. The quantitative estimate of drug-likeness (QED) is 0.446. The highest BCUT2D eigenvalue weighted by molar-refractivity contribution is 14.1. The molecule has 0 aliphatic carbocycles. The van der Waals surface area contributed by atoms with Gasteiger partial charge in [-0.2, -0.15) is 0 Å². The van der Waals surface area contributed by atoms with Crippen LogP contribution in [0.1, 0.15) is 37.5 Å². The van der Waals surface area contributed by atoms with E-state index in [0.29, 0.717) is 16.7 Å². The van der Waals surface area contributed by atoms with Crippen molar-refractivity contribution in [3.05, 3.63) is 68.8 Å². The summed E-state index contributed by atoms with van der Waals surface area (Å²) in [4.78, 5) is 37.7. The van der Waals surface area contributed by atoms with Gasteiger partial charge in [-0.3, -0.25) is 19.3 Å². The maximum Gasteiger partial charge on any atom is 0.261 e. The number of rotatable bonds is 4. The summed E-state index contributed by atoms with van der Waals surface area (Å²) < 4.78 is 0.976. The lowest BCUT2D eigenvalue weighted by Gasteiger charge is -2.13. The summed E-state index contributed by atoms with van der Waals surface area (Å²) in [6.45, 7) is 0.108. The second kappa shape index (κ2) is 6.00. The number of carbonyl (C=O) groups excluding carboxylic acids is 3. The Morgan fingerprint density at radius 1 is 0.955 bits per heavy atom. The van der Waals surface area contributed by atoms with Gasteiger partial charge in [0.1, 0.15) is 0 Å². The van der Waals surface area contributed by atoms with Crippen molar-refractivity contribution in [2.45, 2.75) is 6.42 Å². The predicted octanol–water partition coefficient (Wildman–Crippen LogP) is 3.16. The first-order valence-electron chi connectivity index (χ1n) is 6.82. The van der Waals surface area contributed by atoms with E-state index >= 15 is 0 Å². The van der Waals surface area contributed by atoms with Gasteiger partial charge in [-0.05, 0) is 46.9 Å². The molecular formula is C17H12INO3. The van der Waals surface area contributed by atoms with Gasteiger partial charge >= 0.3 is 0 Å². The third-order valence-corrected chi connectivity index (χ3v) is 4.26. The number of amides is 2. The summed E-state index contributed by atoms with van der Waals surface area (Å²) in [6.07, 6.45) is 0.131. The molecule has 1 heterocycles. The average Bonchev–Trinajstić information content (AvgIpc) is 2.77. The third kappa shape index (κ3) is 2.68. The van der Waals surface area contributed by atoms with Gasteiger partial charge in [-0.15, -0.1) is 0 Å². The Kier molecular flexibility index (Phi) is 4.06. The first-order chi connectivity index (χ1) is 10.6. The molecule has 3 rings (SSSR count). The van der Waals surface area contributed by atoms with Gasteiger partial charge < -0.3 is 0 Å². The Balaban J connectivity index is 1.72. The molecule has 2 aromatic carbocycles. The lowest BCUT2D eigenvalue weighted by atomic mass is 10.1. The van der Waals surface area contributed by atoms with Crippen LogP contribution in [0, 0.1) is 3.57 Å². The number of ketones is 1. The minimum absolute atomic E-state index is 0.0740. The van der Waals surface area contributed by atoms with Gasteiger partial charge in [0.2, 0.25) is 0 Å². The van der Waals surface area contributed by atoms with Crippen LogP contribution in [0.5, 0.6) is 0 Å². The fourth-order valence-electron chi connectivity index (χ4n) is 2.46. The van der Waals surface area contributed by atoms with Gasteiger partial charge in [0.05, 0.1) is 11.1 Å². The van der Waals surface area contributed by atoms with Crippen LogP contribution in [0.4, 0.5) is 0 Å². The molecule has 0 saturated heterocycles. The summed E-state index contributed by atoms with van der Waals surface area (Å²) in [5.41, 5.74) is 1.42. The predicted molar refractivity (Wildman–Crippen MR) is 89.9 cm³/mol. The van der Waals surface area contributed by atoms with Gasteiger partial charge in [0.25, 0.3) is 11.8 Å². The lowest BCUT2D eigenvalue weighted by molar-refractivity contribution is 0.0649. The van der Waals surface area contributed by atoms with E-state index in [-0.39, 0.29) is 30.6 Å². The number of hydrogen-bond donors (Lipinski definition) is 0. The van der Waals surface area contributed by atoms with Gasteiger partial charge in [-0.1, -0.05) is 24.3 Å². The van der Waals surface area contributed by atoms with Crippen LogP contribution in [-0.4, -0.2) is 29.0 Å². The van der Waals surface area contributed by atoms with Crippen molar-refractivity contribution in [3.8, 4) is 0 Å². The first kappa shape index (κ1) is 14.9. The van der Waals surface area contributed by atoms with Crippen LogP contribution in [-0.2, 0) is 0 Å². The smallest absolute Gasteiger partial charge is 0.261 e. The normalized spacial score (nSPS) is 13.4. The standard InChI is InChI=1S/C17H12INO3/c18-12-5-3-4-11(10-12)15(20)8-9-19-16(21)13-6-1-2-7-14(13)17(19)22/h1-7,10H,8-9H2. The molecule has 0 aromatic heterocycles. The van der Waals surface area contributed by atoms with E-state index in [0.717, 1.165) is 8.47 Å². The van der Waals surface area contributed by atoms with Crippen molar-refractivity contribution in [3.63, 3.8) is 0 Å². The maximum atomic E-state index is 12.2. The fraction of sp³-hybridized carbons (Fsp3) is 0.118. The van der Waals surface area contributed by atoms with Crippen molar-refractivity contribution in [1.29, 1.82) is 0 Å². The first-order valence-corrected chi connectivity index (χ1v) is 7.90. The molecule has 0 radical (unpaired) electrons. The summed E-state index contributed by atoms with van der Waals surface area (Å²) in [5, 5.41) is 0. The molecule has 2 amide bonds. The molecular weight excluding hydrogens is 393 g/mol. The monoisotopic (exact) mass is 405 g/mol. The van der Waals surface area contributed by atoms with Crippen molar-refractivity contribution < 1.29 is 14.4 Å². The second-order valence-corrected chi connectivity index (χ2v) is 6.24. The summed E-state index contributed by atoms with van der Waals surface area (Å²) in [7, 11) is 0. The Morgan fingerprint density at radius 2 is 1.59 bits per heavy atom. The molecule has 1 aliphatic rings. The van der Waals surface area contributed by atoms with Crippen LogP contribution in [0.3, 0.4) is 0 Å². The molecule has 110 valence electrons. The number of hydrogen-bond acceptors (Lipinski definition) is 3. The number of carbonyl (C=O) groups is 3. The second-order valence-electron chi connectivity index (χ2n) is 4.99. The molecule has 1 aliphatic heterocycles. The van der Waals surface area contributed by atoms with Crippen molar-refractivity contribution >= 4 is 40.2 Å². The molecule has 2 aromatic rings. The molecule has 0 atom stereocenters. The molecule has 4 nitrogen and oxygen atoms in total. The number of Topliss-reactive ketones (excluding diaryl/α,β-unsaturated/α-hetero) is 1. The van der Waals surface area contributed by atoms with Crippen LogP contribution in [0.2, 0.25) is 0 Å². The van der Waals surface area contributed by atoms with Crippen molar-refractivity contribution in [1.82, 2.24) is 4.90 Å². The van der Waals surface area contributed by atoms with E-state index in [1.54, 1.807) is 36.4 Å². The van der Waals surface area contributed by atoms with E-state index in [1.807, 2.05) is 12.1 Å². The zero-order chi connectivity index (χ0) is 15.7. The van der Waals surface area contributed by atoms with Crippen LogP contribution >= 0.6 is 22.6 Å². The molecule has 5 heteroatoms. The highest BCUT2D eigenvalue weighted by Crippen LogP contribution is 2.22. The Bertz CT molecular complexity index is 750. The lowest BCUT2D eigenvalue weighted by Crippen LogP contribution is -2.31. The molecule has 0 fully saturated rings. The summed E-state index contributed by atoms with van der Waals surface area (Å²) in [6, 6.07) is 14.0. The van der Waals surface area contributed by atoms with E-state index in [9.17, 15) is 14.4 Å². The van der Waals surface area contributed by atoms with Crippen LogP contribution in [0.15, 0.2) is 48.5 Å². The summed E-state index contributed by atoms with van der Waals surface area (Å²) in [5.74, 6) is -0.720. The largest absolute Gasteiger partial charge is 0.294 e. The van der Waals surface area contributed by atoms with Crippen LogP contribution in [0.25, 0.3) is 0 Å². The molecule has 0 saturated carbocycles. The minimum atomic E-state index is -0.323. The maximum absolute atomic E-state index is 12.2. The number of benzene rings is 2. The highest BCUT2D eigenvalue weighted by Gasteiger charge is 2.34. The molecule has 0 spiro atoms. The third-order valence-electron chi connectivity index (χ3n) is 3.59. The average molecular weight is 405 g/mol. The van der Waals surface area contributed by atoms with Crippen LogP contribution < -0.4 is 0 Å². The van der Waals surface area contributed by atoms with Crippen molar-refractivity contribution in [2.24, 2.45) is 0 Å². The van der Waals surface area contributed by atoms with E-state index in [2.05, 4.69) is 22.6 Å². The van der Waals surface area contributed by atoms with Gasteiger partial charge in [0, 0.05) is 22.1 Å². The molecule has 0 N–H and O–H groups in total. The minimum Gasteiger partial charge on any atom is -0.294 e. The Morgan fingerprint density at radius 3 is 2.18 bits per heavy atom. The number of nitrogens with zero attached hydrogens (tertiary/aromatic N) is 1. The van der Waals surface area contributed by atoms with E-state index in [1.165, 1.54) is 0 Å². The topological polar surface area (TPSA) is 54.5 Å².